The minimum absolute atomic E-state index is 0.129. The Morgan fingerprint density at radius 2 is 1.02 bits per heavy atom. The second kappa shape index (κ2) is 8.86. The van der Waals surface area contributed by atoms with Gasteiger partial charge in [0.25, 0.3) is 0 Å². The molecule has 0 N–H and O–H groups in total. The Hall–Kier alpha value is -5.40. The standard InChI is InChI=1S/C45H33N/c1-44(2)37-16-8-6-13-33(37)36-25-26-40-43(42(36)44)45(3)38-17-9-7-14-34(38)35-15-10-18-39(41(35)45)46(40)32-23-21-29(22-24-32)31-20-19-28-11-4-5-12-30(28)27-31/h4-27H,1-3H3. The molecule has 7 aromatic rings. The van der Waals surface area contributed by atoms with Gasteiger partial charge in [-0.15, -0.1) is 0 Å². The molecule has 7 aromatic carbocycles. The first kappa shape index (κ1) is 25.9. The smallest absolute Gasteiger partial charge is 0.0512 e. The summed E-state index contributed by atoms with van der Waals surface area (Å²) in [5.41, 5.74) is 18.4. The first-order valence-electron chi connectivity index (χ1n) is 16.4. The van der Waals surface area contributed by atoms with Crippen molar-refractivity contribution in [1.29, 1.82) is 0 Å². The Morgan fingerprint density at radius 1 is 0.413 bits per heavy atom. The molecule has 10 rings (SSSR count). The van der Waals surface area contributed by atoms with Gasteiger partial charge in [0.2, 0.25) is 0 Å². The Kier molecular flexibility index (Phi) is 4.99. The molecule has 0 saturated carbocycles. The van der Waals surface area contributed by atoms with Gasteiger partial charge in [-0.3, -0.25) is 0 Å². The van der Waals surface area contributed by atoms with Gasteiger partial charge in [-0.05, 0) is 109 Å². The minimum Gasteiger partial charge on any atom is -0.310 e. The van der Waals surface area contributed by atoms with Crippen LogP contribution in [0.5, 0.6) is 0 Å². The van der Waals surface area contributed by atoms with Crippen molar-refractivity contribution in [2.45, 2.75) is 31.6 Å². The molecular formula is C45H33N. The Bertz CT molecular complexity index is 2410. The molecule has 1 aliphatic heterocycles. The zero-order valence-corrected chi connectivity index (χ0v) is 26.3. The highest BCUT2D eigenvalue weighted by atomic mass is 15.2. The van der Waals surface area contributed by atoms with Crippen molar-refractivity contribution in [3.8, 4) is 33.4 Å². The fraction of sp³-hybridized carbons (Fsp3) is 0.111. The Labute approximate surface area is 270 Å². The van der Waals surface area contributed by atoms with Crippen molar-refractivity contribution >= 4 is 27.8 Å². The lowest BCUT2D eigenvalue weighted by Gasteiger charge is -2.45. The highest BCUT2D eigenvalue weighted by Crippen LogP contribution is 2.66. The molecule has 0 bridgehead atoms. The first-order chi connectivity index (χ1) is 22.5. The second-order valence-corrected chi connectivity index (χ2v) is 13.9. The van der Waals surface area contributed by atoms with Crippen LogP contribution < -0.4 is 4.90 Å². The molecule has 218 valence electrons. The molecule has 0 aromatic heterocycles. The number of hydrogen-bond donors (Lipinski definition) is 0. The normalized spacial score (nSPS) is 17.7. The lowest BCUT2D eigenvalue weighted by molar-refractivity contribution is 0.615. The van der Waals surface area contributed by atoms with Crippen LogP contribution in [0.3, 0.4) is 0 Å². The topological polar surface area (TPSA) is 3.24 Å². The summed E-state index contributed by atoms with van der Waals surface area (Å²) >= 11 is 0. The SMILES string of the molecule is CC1(C)c2ccccc2-c2ccc3c(c21)C1(C)c2ccccc2-c2cccc(c21)N3c1ccc(-c2ccc3ccccc3c2)cc1. The summed E-state index contributed by atoms with van der Waals surface area (Å²) in [5.74, 6) is 0. The summed E-state index contributed by atoms with van der Waals surface area (Å²) in [6.45, 7) is 7.33. The largest absolute Gasteiger partial charge is 0.310 e. The average Bonchev–Trinajstić information content (AvgIpc) is 3.51. The van der Waals surface area contributed by atoms with E-state index in [4.69, 9.17) is 0 Å². The van der Waals surface area contributed by atoms with Crippen LogP contribution in [0.1, 0.15) is 48.6 Å². The maximum atomic E-state index is 2.53. The fourth-order valence-electron chi connectivity index (χ4n) is 9.16. The Morgan fingerprint density at radius 3 is 1.83 bits per heavy atom. The minimum atomic E-state index is -0.274. The number of fused-ring (bicyclic) bond motifs is 10. The molecule has 1 atom stereocenters. The highest BCUT2D eigenvalue weighted by Gasteiger charge is 2.52. The molecule has 1 heteroatoms. The molecule has 0 spiro atoms. The maximum absolute atomic E-state index is 2.53. The highest BCUT2D eigenvalue weighted by molar-refractivity contribution is 6.00. The molecule has 1 heterocycles. The van der Waals surface area contributed by atoms with E-state index in [2.05, 4.69) is 171 Å². The summed E-state index contributed by atoms with van der Waals surface area (Å²) < 4.78 is 0. The van der Waals surface area contributed by atoms with Crippen LogP contribution in [-0.4, -0.2) is 0 Å². The van der Waals surface area contributed by atoms with Crippen molar-refractivity contribution in [1.82, 2.24) is 0 Å². The van der Waals surface area contributed by atoms with E-state index >= 15 is 0 Å². The quantitative estimate of drug-likeness (QED) is 0.194. The van der Waals surface area contributed by atoms with Gasteiger partial charge in [0.15, 0.2) is 0 Å². The van der Waals surface area contributed by atoms with Crippen molar-refractivity contribution in [3.05, 3.63) is 173 Å². The van der Waals surface area contributed by atoms with E-state index in [9.17, 15) is 0 Å². The number of hydrogen-bond acceptors (Lipinski definition) is 1. The molecule has 0 radical (unpaired) electrons. The summed E-state index contributed by atoms with van der Waals surface area (Å²) in [4.78, 5) is 2.53. The zero-order valence-electron chi connectivity index (χ0n) is 26.3. The van der Waals surface area contributed by atoms with E-state index < -0.39 is 0 Å². The van der Waals surface area contributed by atoms with Gasteiger partial charge in [0.05, 0.1) is 11.4 Å². The van der Waals surface area contributed by atoms with Crippen molar-refractivity contribution in [3.63, 3.8) is 0 Å². The molecule has 0 saturated heterocycles. The van der Waals surface area contributed by atoms with Crippen molar-refractivity contribution in [2.75, 3.05) is 4.90 Å². The summed E-state index contributed by atoms with van der Waals surface area (Å²) in [7, 11) is 0. The van der Waals surface area contributed by atoms with E-state index in [1.165, 1.54) is 89.0 Å². The van der Waals surface area contributed by atoms with E-state index in [1.54, 1.807) is 0 Å². The second-order valence-electron chi connectivity index (χ2n) is 13.9. The van der Waals surface area contributed by atoms with E-state index in [1.807, 2.05) is 0 Å². The summed E-state index contributed by atoms with van der Waals surface area (Å²) in [6, 6.07) is 54.4. The van der Waals surface area contributed by atoms with Crippen LogP contribution in [0.25, 0.3) is 44.2 Å². The molecule has 0 amide bonds. The summed E-state index contributed by atoms with van der Waals surface area (Å²) in [6.07, 6.45) is 0. The first-order valence-corrected chi connectivity index (χ1v) is 16.4. The number of anilines is 3. The molecule has 1 unspecified atom stereocenters. The third kappa shape index (κ3) is 3.15. The average molecular weight is 588 g/mol. The molecule has 46 heavy (non-hydrogen) atoms. The number of benzene rings is 7. The van der Waals surface area contributed by atoms with Crippen LogP contribution in [-0.2, 0) is 10.8 Å². The third-order valence-corrected chi connectivity index (χ3v) is 11.2. The number of rotatable bonds is 2. The van der Waals surface area contributed by atoms with E-state index in [0.717, 1.165) is 0 Å². The van der Waals surface area contributed by atoms with Gasteiger partial charge in [-0.25, -0.2) is 0 Å². The van der Waals surface area contributed by atoms with Crippen molar-refractivity contribution < 1.29 is 0 Å². The van der Waals surface area contributed by atoms with Crippen LogP contribution in [0.2, 0.25) is 0 Å². The molecule has 1 nitrogen and oxygen atoms in total. The van der Waals surface area contributed by atoms with Crippen LogP contribution in [0, 0.1) is 0 Å². The van der Waals surface area contributed by atoms with Gasteiger partial charge >= 0.3 is 0 Å². The molecule has 3 aliphatic rings. The summed E-state index contributed by atoms with van der Waals surface area (Å²) in [5, 5.41) is 2.54. The molecular weight excluding hydrogens is 555 g/mol. The van der Waals surface area contributed by atoms with Crippen LogP contribution >= 0.6 is 0 Å². The van der Waals surface area contributed by atoms with Gasteiger partial charge in [0.1, 0.15) is 0 Å². The van der Waals surface area contributed by atoms with Gasteiger partial charge in [-0.1, -0.05) is 129 Å². The maximum Gasteiger partial charge on any atom is 0.0512 e. The molecule has 0 fully saturated rings. The lowest BCUT2D eigenvalue weighted by atomic mass is 9.65. The third-order valence-electron chi connectivity index (χ3n) is 11.2. The zero-order chi connectivity index (χ0) is 30.8. The van der Waals surface area contributed by atoms with Crippen LogP contribution in [0.15, 0.2) is 146 Å². The van der Waals surface area contributed by atoms with E-state index in [-0.39, 0.29) is 10.8 Å². The van der Waals surface area contributed by atoms with Gasteiger partial charge in [0, 0.05) is 16.5 Å². The predicted molar refractivity (Wildman–Crippen MR) is 193 cm³/mol. The lowest BCUT2D eigenvalue weighted by Crippen LogP contribution is -2.35. The Balaban J connectivity index is 1.23. The molecule has 2 aliphatic carbocycles. The monoisotopic (exact) mass is 587 g/mol. The van der Waals surface area contributed by atoms with Crippen LogP contribution in [0.4, 0.5) is 17.1 Å². The van der Waals surface area contributed by atoms with Gasteiger partial charge < -0.3 is 4.90 Å². The fourth-order valence-corrected chi connectivity index (χ4v) is 9.16. The van der Waals surface area contributed by atoms with E-state index in [0.29, 0.717) is 0 Å². The predicted octanol–water partition coefficient (Wildman–Crippen LogP) is 11.9. The van der Waals surface area contributed by atoms with Gasteiger partial charge in [-0.2, -0.15) is 0 Å². The van der Waals surface area contributed by atoms with Crippen molar-refractivity contribution in [2.24, 2.45) is 0 Å². The number of nitrogens with zero attached hydrogens (tertiary/aromatic N) is 1.